The van der Waals surface area contributed by atoms with Gasteiger partial charge in [0.15, 0.2) is 5.96 Å². The van der Waals surface area contributed by atoms with Crippen molar-refractivity contribution in [3.8, 4) is 5.75 Å². The number of hydrogen-bond acceptors (Lipinski definition) is 3. The van der Waals surface area contributed by atoms with Gasteiger partial charge in [0, 0.05) is 31.1 Å². The lowest BCUT2D eigenvalue weighted by atomic mass is 10.1. The molecule has 0 aromatic heterocycles. The third-order valence-electron chi connectivity index (χ3n) is 3.85. The molecule has 0 saturated carbocycles. The highest BCUT2D eigenvalue weighted by atomic mass is 19.3. The highest BCUT2D eigenvalue weighted by Crippen LogP contribution is 2.22. The van der Waals surface area contributed by atoms with Crippen LogP contribution in [0.1, 0.15) is 44.7 Å². The molecule has 0 radical (unpaired) electrons. The number of nitrogens with one attached hydrogen (secondary N) is 3. The molecule has 0 saturated heterocycles. The largest absolute Gasteiger partial charge is 0.434 e. The summed E-state index contributed by atoms with van der Waals surface area (Å²) < 4.78 is 29.7. The Morgan fingerprint density at radius 2 is 2.00 bits per heavy atom. The predicted octanol–water partition coefficient (Wildman–Crippen LogP) is 2.96. The maximum absolute atomic E-state index is 12.6. The first-order valence-corrected chi connectivity index (χ1v) is 9.21. The van der Waals surface area contributed by atoms with Crippen LogP contribution in [0, 0.1) is 6.92 Å². The normalized spacial score (nSPS) is 12.6. The Bertz CT molecular complexity index is 624. The summed E-state index contributed by atoms with van der Waals surface area (Å²) in [6.45, 7) is 6.11. The van der Waals surface area contributed by atoms with E-state index < -0.39 is 6.61 Å². The van der Waals surface area contributed by atoms with Crippen LogP contribution in [0.15, 0.2) is 23.2 Å². The van der Waals surface area contributed by atoms with Crippen molar-refractivity contribution in [2.75, 3.05) is 13.1 Å². The number of rotatable bonds is 10. The van der Waals surface area contributed by atoms with E-state index in [9.17, 15) is 13.6 Å². The van der Waals surface area contributed by atoms with E-state index in [1.807, 2.05) is 27.7 Å². The van der Waals surface area contributed by atoms with Gasteiger partial charge in [0.25, 0.3) is 0 Å². The molecule has 1 aromatic rings. The van der Waals surface area contributed by atoms with E-state index in [4.69, 9.17) is 0 Å². The molecule has 0 heterocycles. The molecule has 3 N–H and O–H groups in total. The molecule has 1 aromatic carbocycles. The van der Waals surface area contributed by atoms with E-state index in [-0.39, 0.29) is 24.2 Å². The van der Waals surface area contributed by atoms with Gasteiger partial charge in [-0.3, -0.25) is 4.79 Å². The van der Waals surface area contributed by atoms with Gasteiger partial charge in [-0.1, -0.05) is 24.6 Å². The number of carbonyl (C=O) groups is 1. The molecule has 0 bridgehead atoms. The zero-order valence-electron chi connectivity index (χ0n) is 16.4. The van der Waals surface area contributed by atoms with Crippen molar-refractivity contribution in [2.45, 2.75) is 59.7 Å². The van der Waals surface area contributed by atoms with Gasteiger partial charge in [-0.2, -0.15) is 8.78 Å². The molecular formula is C19H30F2N4O2. The third kappa shape index (κ3) is 9.21. The molecule has 0 spiro atoms. The monoisotopic (exact) mass is 384 g/mol. The molecular weight excluding hydrogens is 354 g/mol. The molecule has 1 rings (SSSR count). The minimum absolute atomic E-state index is 0.0287. The summed E-state index contributed by atoms with van der Waals surface area (Å²) in [5.74, 6) is 0.598. The van der Waals surface area contributed by atoms with Crippen LogP contribution in [-0.2, 0) is 11.3 Å². The second-order valence-electron chi connectivity index (χ2n) is 6.24. The molecule has 1 atom stereocenters. The van der Waals surface area contributed by atoms with E-state index in [1.54, 1.807) is 12.1 Å². The Kier molecular flexibility index (Phi) is 10.1. The van der Waals surface area contributed by atoms with E-state index in [0.29, 0.717) is 31.0 Å². The van der Waals surface area contributed by atoms with Crippen LogP contribution >= 0.6 is 0 Å². The first-order chi connectivity index (χ1) is 12.8. The summed E-state index contributed by atoms with van der Waals surface area (Å²) in [6.07, 6.45) is 1.20. The molecule has 0 aliphatic heterocycles. The minimum atomic E-state index is -2.88. The second-order valence-corrected chi connectivity index (χ2v) is 6.24. The topological polar surface area (TPSA) is 74.8 Å². The summed E-state index contributed by atoms with van der Waals surface area (Å²) in [7, 11) is 0. The zero-order valence-corrected chi connectivity index (χ0v) is 16.4. The maximum atomic E-state index is 12.6. The number of alkyl halides is 2. The van der Waals surface area contributed by atoms with Crippen LogP contribution in [0.4, 0.5) is 8.78 Å². The van der Waals surface area contributed by atoms with Crippen molar-refractivity contribution in [1.82, 2.24) is 16.0 Å². The van der Waals surface area contributed by atoms with Crippen LogP contribution in [-0.4, -0.2) is 37.6 Å². The number of benzene rings is 1. The van der Waals surface area contributed by atoms with Gasteiger partial charge < -0.3 is 20.7 Å². The summed E-state index contributed by atoms with van der Waals surface area (Å²) in [5, 5.41) is 9.05. The molecule has 27 heavy (non-hydrogen) atoms. The number of halogens is 2. The summed E-state index contributed by atoms with van der Waals surface area (Å²) in [6, 6.07) is 5.15. The van der Waals surface area contributed by atoms with E-state index in [1.165, 1.54) is 6.07 Å². The van der Waals surface area contributed by atoms with Crippen LogP contribution in [0.5, 0.6) is 5.75 Å². The molecule has 152 valence electrons. The van der Waals surface area contributed by atoms with Crippen molar-refractivity contribution in [2.24, 2.45) is 4.99 Å². The van der Waals surface area contributed by atoms with Gasteiger partial charge in [-0.25, -0.2) is 4.99 Å². The minimum Gasteiger partial charge on any atom is -0.434 e. The van der Waals surface area contributed by atoms with Crippen molar-refractivity contribution < 1.29 is 18.3 Å². The lowest BCUT2D eigenvalue weighted by molar-refractivity contribution is -0.121. The fourth-order valence-electron chi connectivity index (χ4n) is 2.29. The SMILES string of the molecule is CCNC(=NCc1cc(C)ccc1OC(F)F)NCCC(=O)NC(C)CC. The van der Waals surface area contributed by atoms with Gasteiger partial charge in [0.05, 0.1) is 6.54 Å². The van der Waals surface area contributed by atoms with Gasteiger partial charge >= 0.3 is 6.61 Å². The molecule has 8 heteroatoms. The van der Waals surface area contributed by atoms with Crippen LogP contribution < -0.4 is 20.7 Å². The first kappa shape index (κ1) is 22.7. The molecule has 0 aliphatic carbocycles. The van der Waals surface area contributed by atoms with E-state index in [0.717, 1.165) is 12.0 Å². The smallest absolute Gasteiger partial charge is 0.387 e. The number of ether oxygens (including phenoxy) is 1. The van der Waals surface area contributed by atoms with E-state index >= 15 is 0 Å². The average molecular weight is 384 g/mol. The van der Waals surface area contributed by atoms with Crippen molar-refractivity contribution in [3.63, 3.8) is 0 Å². The van der Waals surface area contributed by atoms with Gasteiger partial charge in [-0.15, -0.1) is 0 Å². The number of aryl methyl sites for hydroxylation is 1. The summed E-state index contributed by atoms with van der Waals surface area (Å²) in [4.78, 5) is 16.2. The standard InChI is InChI=1S/C19H30F2N4O2/c1-5-14(4)25-17(26)9-10-23-19(22-6-2)24-12-15-11-13(3)7-8-16(15)27-18(20)21/h7-8,11,14,18H,5-6,9-10,12H2,1-4H3,(H,25,26)(H2,22,23,24). The van der Waals surface area contributed by atoms with E-state index in [2.05, 4.69) is 25.7 Å². The number of guanidine groups is 1. The molecule has 1 unspecified atom stereocenters. The Morgan fingerprint density at radius 1 is 1.26 bits per heavy atom. The van der Waals surface area contributed by atoms with Crippen molar-refractivity contribution >= 4 is 11.9 Å². The predicted molar refractivity (Wildman–Crippen MR) is 103 cm³/mol. The number of carbonyl (C=O) groups excluding carboxylic acids is 1. The number of hydrogen-bond donors (Lipinski definition) is 3. The fourth-order valence-corrected chi connectivity index (χ4v) is 2.29. The van der Waals surface area contributed by atoms with Gasteiger partial charge in [0.2, 0.25) is 5.91 Å². The Hall–Kier alpha value is -2.38. The Balaban J connectivity index is 2.68. The fraction of sp³-hybridized carbons (Fsp3) is 0.579. The van der Waals surface area contributed by atoms with Gasteiger partial charge in [-0.05, 0) is 33.3 Å². The number of aliphatic imine (C=N–C) groups is 1. The zero-order chi connectivity index (χ0) is 20.2. The highest BCUT2D eigenvalue weighted by Gasteiger charge is 2.10. The first-order valence-electron chi connectivity index (χ1n) is 9.21. The third-order valence-corrected chi connectivity index (χ3v) is 3.85. The summed E-state index contributed by atoms with van der Waals surface area (Å²) in [5.41, 5.74) is 1.50. The number of amides is 1. The van der Waals surface area contributed by atoms with Crippen LogP contribution in [0.25, 0.3) is 0 Å². The molecule has 0 aliphatic rings. The van der Waals surface area contributed by atoms with Crippen LogP contribution in [0.2, 0.25) is 0 Å². The lowest BCUT2D eigenvalue weighted by Gasteiger charge is -2.14. The summed E-state index contributed by atoms with van der Waals surface area (Å²) >= 11 is 0. The molecule has 0 fully saturated rings. The molecule has 1 amide bonds. The highest BCUT2D eigenvalue weighted by molar-refractivity contribution is 5.81. The molecule has 6 nitrogen and oxygen atoms in total. The maximum Gasteiger partial charge on any atom is 0.387 e. The van der Waals surface area contributed by atoms with Gasteiger partial charge in [0.1, 0.15) is 5.75 Å². The number of nitrogens with zero attached hydrogens (tertiary/aromatic N) is 1. The lowest BCUT2D eigenvalue weighted by Crippen LogP contribution is -2.40. The quantitative estimate of drug-likeness (QED) is 0.428. The Morgan fingerprint density at radius 3 is 2.63 bits per heavy atom. The van der Waals surface area contributed by atoms with Crippen molar-refractivity contribution in [3.05, 3.63) is 29.3 Å². The van der Waals surface area contributed by atoms with Crippen LogP contribution in [0.3, 0.4) is 0 Å². The Labute approximate surface area is 159 Å². The second kappa shape index (κ2) is 12.1. The average Bonchev–Trinajstić information content (AvgIpc) is 2.61. The van der Waals surface area contributed by atoms with Crippen molar-refractivity contribution in [1.29, 1.82) is 0 Å².